The van der Waals surface area contributed by atoms with Gasteiger partial charge in [-0.3, -0.25) is 10.2 Å². The van der Waals surface area contributed by atoms with E-state index in [1.807, 2.05) is 13.8 Å². The van der Waals surface area contributed by atoms with E-state index in [4.69, 9.17) is 10.1 Å². The van der Waals surface area contributed by atoms with Crippen molar-refractivity contribution in [1.82, 2.24) is 10.2 Å². The molecule has 0 bridgehead atoms. The quantitative estimate of drug-likeness (QED) is 0.441. The zero-order valence-corrected chi connectivity index (χ0v) is 11.0. The molecule has 6 heteroatoms. The molecule has 0 fully saturated rings. The molecule has 0 aromatic heterocycles. The molecule has 1 unspecified atom stereocenters. The normalized spacial score (nSPS) is 17.6. The van der Waals surface area contributed by atoms with E-state index in [0.29, 0.717) is 30.0 Å². The van der Waals surface area contributed by atoms with Gasteiger partial charge in [0.05, 0.1) is 0 Å². The van der Waals surface area contributed by atoms with Crippen LogP contribution >= 0.6 is 15.9 Å². The number of nitrogens with one attached hydrogen (secondary N) is 2. The van der Waals surface area contributed by atoms with Gasteiger partial charge in [0.25, 0.3) is 0 Å². The van der Waals surface area contributed by atoms with Crippen LogP contribution in [-0.4, -0.2) is 35.3 Å². The van der Waals surface area contributed by atoms with Crippen LogP contribution in [-0.2, 0) is 9.53 Å². The fraction of sp³-hybridized carbons (Fsp3) is 0.600. The van der Waals surface area contributed by atoms with E-state index in [-0.39, 0.29) is 6.23 Å². The van der Waals surface area contributed by atoms with Gasteiger partial charge in [-0.15, -0.1) is 0 Å². The summed E-state index contributed by atoms with van der Waals surface area (Å²) in [7, 11) is 0. The van der Waals surface area contributed by atoms with E-state index in [0.717, 1.165) is 12.0 Å². The van der Waals surface area contributed by atoms with Crippen LogP contribution in [0.15, 0.2) is 11.4 Å². The van der Waals surface area contributed by atoms with E-state index < -0.39 is 0 Å². The summed E-state index contributed by atoms with van der Waals surface area (Å²) in [5.74, 6) is 0.665. The average molecular weight is 290 g/mol. The number of hydrogen-bond acceptors (Lipinski definition) is 4. The number of ether oxygens (including phenoxy) is 1. The maximum Gasteiger partial charge on any atom is 0.215 e. The fourth-order valence-corrected chi connectivity index (χ4v) is 2.00. The van der Waals surface area contributed by atoms with Crippen molar-refractivity contribution in [3.05, 3.63) is 11.4 Å². The lowest BCUT2D eigenvalue weighted by atomic mass is 10.2. The molecule has 1 amide bonds. The zero-order valence-electron chi connectivity index (χ0n) is 9.42. The van der Waals surface area contributed by atoms with Gasteiger partial charge < -0.3 is 15.0 Å². The van der Waals surface area contributed by atoms with Gasteiger partial charge in [-0.1, -0.05) is 0 Å². The van der Waals surface area contributed by atoms with Crippen molar-refractivity contribution in [3.63, 3.8) is 0 Å². The first kappa shape index (κ1) is 13.2. The summed E-state index contributed by atoms with van der Waals surface area (Å²) in [6, 6.07) is 0. The zero-order chi connectivity index (χ0) is 12.1. The molecule has 1 aliphatic rings. The predicted molar refractivity (Wildman–Crippen MR) is 65.3 cm³/mol. The molecule has 0 aromatic carbocycles. The molecule has 16 heavy (non-hydrogen) atoms. The Morgan fingerprint density at radius 1 is 1.81 bits per heavy atom. The number of carbonyl (C=O) groups is 1. The first-order valence-corrected chi connectivity index (χ1v) is 5.97. The largest absolute Gasteiger partial charge is 0.359 e. The van der Waals surface area contributed by atoms with Gasteiger partial charge in [0, 0.05) is 18.7 Å². The summed E-state index contributed by atoms with van der Waals surface area (Å²) in [6.07, 6.45) is 1.27. The second-order valence-electron chi connectivity index (χ2n) is 3.43. The van der Waals surface area contributed by atoms with Crippen LogP contribution in [0.3, 0.4) is 0 Å². The molecule has 0 saturated heterocycles. The van der Waals surface area contributed by atoms with Crippen LogP contribution in [0.25, 0.3) is 0 Å². The summed E-state index contributed by atoms with van der Waals surface area (Å²) in [6.45, 7) is 4.98. The second-order valence-corrected chi connectivity index (χ2v) is 4.22. The second kappa shape index (κ2) is 6.00. The SMILES string of the molecule is CCOC(C)NC1=C(C(=N)Br)CCN1C=O. The van der Waals surface area contributed by atoms with Crippen LogP contribution in [0.2, 0.25) is 0 Å². The summed E-state index contributed by atoms with van der Waals surface area (Å²) >= 11 is 3.13. The molecule has 0 spiro atoms. The summed E-state index contributed by atoms with van der Waals surface area (Å²) in [4.78, 5) is 12.4. The first-order chi connectivity index (χ1) is 7.60. The Hall–Kier alpha value is -0.880. The van der Waals surface area contributed by atoms with E-state index in [2.05, 4.69) is 21.2 Å². The minimum absolute atomic E-state index is 0.178. The molecule has 0 aromatic rings. The molecule has 2 N–H and O–H groups in total. The van der Waals surface area contributed by atoms with Crippen molar-refractivity contribution in [1.29, 1.82) is 5.41 Å². The van der Waals surface area contributed by atoms with Crippen molar-refractivity contribution in [2.24, 2.45) is 0 Å². The molecule has 0 saturated carbocycles. The highest BCUT2D eigenvalue weighted by molar-refractivity contribution is 9.18. The molecule has 1 heterocycles. The van der Waals surface area contributed by atoms with Crippen LogP contribution in [0.4, 0.5) is 0 Å². The molecule has 1 rings (SSSR count). The summed E-state index contributed by atoms with van der Waals surface area (Å²) in [5.41, 5.74) is 0.804. The van der Waals surface area contributed by atoms with Crippen LogP contribution < -0.4 is 5.32 Å². The van der Waals surface area contributed by atoms with Crippen LogP contribution in [0.5, 0.6) is 0 Å². The van der Waals surface area contributed by atoms with Crippen molar-refractivity contribution < 1.29 is 9.53 Å². The third-order valence-electron chi connectivity index (χ3n) is 2.32. The van der Waals surface area contributed by atoms with Gasteiger partial charge >= 0.3 is 0 Å². The lowest BCUT2D eigenvalue weighted by Gasteiger charge is -2.21. The molecule has 1 atom stereocenters. The van der Waals surface area contributed by atoms with Crippen molar-refractivity contribution in [3.8, 4) is 0 Å². The number of hydrogen-bond donors (Lipinski definition) is 2. The van der Waals surface area contributed by atoms with E-state index in [1.54, 1.807) is 4.90 Å². The maximum atomic E-state index is 10.9. The fourth-order valence-electron chi connectivity index (χ4n) is 1.61. The van der Waals surface area contributed by atoms with Crippen molar-refractivity contribution in [2.75, 3.05) is 13.2 Å². The smallest absolute Gasteiger partial charge is 0.215 e. The van der Waals surface area contributed by atoms with Crippen LogP contribution in [0.1, 0.15) is 20.3 Å². The van der Waals surface area contributed by atoms with Gasteiger partial charge in [-0.2, -0.15) is 0 Å². The maximum absolute atomic E-state index is 10.9. The lowest BCUT2D eigenvalue weighted by molar-refractivity contribution is -0.116. The van der Waals surface area contributed by atoms with Crippen molar-refractivity contribution in [2.45, 2.75) is 26.5 Å². The molecule has 0 radical (unpaired) electrons. The first-order valence-electron chi connectivity index (χ1n) is 5.17. The number of halogens is 1. The summed E-state index contributed by atoms with van der Waals surface area (Å²) < 4.78 is 5.66. The Morgan fingerprint density at radius 3 is 3.00 bits per heavy atom. The van der Waals surface area contributed by atoms with Gasteiger partial charge in [0.2, 0.25) is 6.41 Å². The third-order valence-corrected chi connectivity index (χ3v) is 2.80. The highest BCUT2D eigenvalue weighted by Crippen LogP contribution is 2.22. The number of nitrogens with zero attached hydrogens (tertiary/aromatic N) is 1. The Balaban J connectivity index is 2.80. The third kappa shape index (κ3) is 3.05. The van der Waals surface area contributed by atoms with E-state index >= 15 is 0 Å². The monoisotopic (exact) mass is 289 g/mol. The van der Waals surface area contributed by atoms with Crippen molar-refractivity contribution >= 4 is 27.0 Å². The number of amides is 1. The standard InChI is InChI=1S/C10H16BrN3O2/c1-3-16-7(2)13-10-8(9(11)12)4-5-14(10)6-15/h6-7,12-13H,3-5H2,1-2H3. The molecule has 90 valence electrons. The molecule has 1 aliphatic heterocycles. The van der Waals surface area contributed by atoms with Gasteiger partial charge in [-0.25, -0.2) is 0 Å². The Kier molecular flexibility index (Phi) is 4.95. The Labute approximate surface area is 103 Å². The summed E-state index contributed by atoms with van der Waals surface area (Å²) in [5, 5.41) is 10.7. The van der Waals surface area contributed by atoms with Gasteiger partial charge in [0.1, 0.15) is 16.7 Å². The molecule has 0 aliphatic carbocycles. The molecular formula is C10H16BrN3O2. The average Bonchev–Trinajstić information content (AvgIpc) is 2.61. The highest BCUT2D eigenvalue weighted by Gasteiger charge is 2.24. The minimum atomic E-state index is -0.178. The van der Waals surface area contributed by atoms with Crippen LogP contribution in [0, 0.1) is 5.41 Å². The molecular weight excluding hydrogens is 274 g/mol. The number of rotatable bonds is 6. The lowest BCUT2D eigenvalue weighted by Crippen LogP contribution is -2.35. The Morgan fingerprint density at radius 2 is 2.50 bits per heavy atom. The molecule has 5 nitrogen and oxygen atoms in total. The van der Waals surface area contributed by atoms with E-state index in [9.17, 15) is 4.79 Å². The number of carbonyl (C=O) groups excluding carboxylic acids is 1. The predicted octanol–water partition coefficient (Wildman–Crippen LogP) is 1.40. The van der Waals surface area contributed by atoms with Gasteiger partial charge in [-0.05, 0) is 36.2 Å². The topological polar surface area (TPSA) is 65.4 Å². The van der Waals surface area contributed by atoms with E-state index in [1.165, 1.54) is 0 Å². The Bertz CT molecular complexity index is 317. The van der Waals surface area contributed by atoms with Gasteiger partial charge in [0.15, 0.2) is 0 Å². The highest BCUT2D eigenvalue weighted by atomic mass is 79.9. The minimum Gasteiger partial charge on any atom is -0.359 e.